The Bertz CT molecular complexity index is 860. The summed E-state index contributed by atoms with van der Waals surface area (Å²) < 4.78 is 0. The molecule has 4 heteroatoms. The van der Waals surface area contributed by atoms with Crippen LogP contribution in [0, 0.1) is 34.5 Å². The van der Waals surface area contributed by atoms with Crippen LogP contribution in [0.3, 0.4) is 0 Å². The van der Waals surface area contributed by atoms with E-state index in [1.165, 1.54) is 11.1 Å². The molecule has 4 aliphatic carbocycles. The largest absolute Gasteiger partial charge is 0.478 e. The van der Waals surface area contributed by atoms with Crippen LogP contribution in [-0.2, 0) is 9.59 Å². The number of rotatable bonds is 4. The van der Waals surface area contributed by atoms with Crippen molar-refractivity contribution in [3.8, 4) is 0 Å². The summed E-state index contributed by atoms with van der Waals surface area (Å²) >= 11 is 0. The van der Waals surface area contributed by atoms with E-state index in [0.29, 0.717) is 35.7 Å². The molecular weight excluding hydrogens is 398 g/mol. The summed E-state index contributed by atoms with van der Waals surface area (Å²) in [5, 5.41) is 9.57. The molecule has 2 saturated carbocycles. The Morgan fingerprint density at radius 2 is 1.69 bits per heavy atom. The molecule has 0 spiro atoms. The molecule has 4 nitrogen and oxygen atoms in total. The Balaban J connectivity index is 1.66. The highest BCUT2D eigenvalue weighted by Crippen LogP contribution is 2.67. The molecule has 0 radical (unpaired) electrons. The molecule has 32 heavy (non-hydrogen) atoms. The van der Waals surface area contributed by atoms with Gasteiger partial charge < -0.3 is 10.0 Å². The van der Waals surface area contributed by atoms with Crippen LogP contribution in [-0.4, -0.2) is 34.0 Å². The van der Waals surface area contributed by atoms with E-state index in [0.717, 1.165) is 38.5 Å². The standard InChI is InChI=1S/C28H43NO3/c1-16(2)29(17(3)4)25(30)23-9-8-21-20-14-18(5)24-15-19(26(31)32)10-12-28(24,7)22(20)11-13-27(21,23)6/h15-17,20-23H,8-14H2,1-7H3,(H,31,32)/t20-,21-,22-,23+,27-,28+/m0/s1. The predicted octanol–water partition coefficient (Wildman–Crippen LogP) is 6.22. The highest BCUT2D eigenvalue weighted by Gasteiger charge is 2.60. The van der Waals surface area contributed by atoms with Crippen LogP contribution in [0.15, 0.2) is 22.8 Å². The van der Waals surface area contributed by atoms with Gasteiger partial charge in [-0.25, -0.2) is 4.79 Å². The van der Waals surface area contributed by atoms with Gasteiger partial charge in [-0.2, -0.15) is 0 Å². The minimum absolute atomic E-state index is 0.0806. The van der Waals surface area contributed by atoms with Crippen molar-refractivity contribution >= 4 is 11.9 Å². The Labute approximate surface area is 194 Å². The number of fused-ring (bicyclic) bond motifs is 5. The van der Waals surface area contributed by atoms with Gasteiger partial charge in [-0.3, -0.25) is 4.79 Å². The normalized spacial score (nSPS) is 38.8. The number of carbonyl (C=O) groups is 2. The summed E-state index contributed by atoms with van der Waals surface area (Å²) in [4.78, 5) is 27.5. The van der Waals surface area contributed by atoms with Crippen molar-refractivity contribution in [1.29, 1.82) is 0 Å². The second-order valence-electron chi connectivity index (χ2n) is 12.3. The summed E-state index contributed by atoms with van der Waals surface area (Å²) in [6.07, 6.45) is 9.16. The minimum Gasteiger partial charge on any atom is -0.478 e. The van der Waals surface area contributed by atoms with Crippen LogP contribution >= 0.6 is 0 Å². The van der Waals surface area contributed by atoms with Crippen LogP contribution in [0.5, 0.6) is 0 Å². The van der Waals surface area contributed by atoms with Gasteiger partial charge in [0.15, 0.2) is 0 Å². The van der Waals surface area contributed by atoms with Gasteiger partial charge >= 0.3 is 5.97 Å². The van der Waals surface area contributed by atoms with Crippen molar-refractivity contribution < 1.29 is 14.7 Å². The molecule has 0 unspecified atom stereocenters. The van der Waals surface area contributed by atoms with Crippen molar-refractivity contribution in [3.05, 3.63) is 22.8 Å². The maximum Gasteiger partial charge on any atom is 0.331 e. The topological polar surface area (TPSA) is 57.6 Å². The van der Waals surface area contributed by atoms with E-state index in [2.05, 4.69) is 53.4 Å². The SMILES string of the molecule is CC1=C2C=C(C(=O)O)CC[C@]2(C)[C@H]2CC[C@]3(C)[C@@H](C(=O)N(C(C)C)C(C)C)CC[C@H]3[C@@H]2C1. The van der Waals surface area contributed by atoms with Gasteiger partial charge in [-0.05, 0) is 120 Å². The molecule has 0 aliphatic heterocycles. The Morgan fingerprint density at radius 3 is 2.28 bits per heavy atom. The third-order valence-electron chi connectivity index (χ3n) is 10.0. The number of hydrogen-bond donors (Lipinski definition) is 1. The first kappa shape index (κ1) is 23.6. The average molecular weight is 442 g/mol. The van der Waals surface area contributed by atoms with Gasteiger partial charge in [-0.15, -0.1) is 0 Å². The van der Waals surface area contributed by atoms with Gasteiger partial charge in [0, 0.05) is 23.6 Å². The number of amides is 1. The van der Waals surface area contributed by atoms with Crippen LogP contribution in [0.25, 0.3) is 0 Å². The van der Waals surface area contributed by atoms with Crippen LogP contribution in [0.2, 0.25) is 0 Å². The summed E-state index contributed by atoms with van der Waals surface area (Å²) in [6, 6.07) is 0.473. The molecular formula is C28H43NO3. The number of aliphatic carboxylic acids is 1. The molecule has 1 N–H and O–H groups in total. The molecule has 0 saturated heterocycles. The van der Waals surface area contributed by atoms with Crippen LogP contribution in [0.1, 0.15) is 93.4 Å². The monoisotopic (exact) mass is 441 g/mol. The molecule has 2 fully saturated rings. The van der Waals surface area contributed by atoms with Crippen LogP contribution < -0.4 is 0 Å². The van der Waals surface area contributed by atoms with Gasteiger partial charge in [0.05, 0.1) is 0 Å². The second kappa shape index (κ2) is 8.02. The number of nitrogens with zero attached hydrogens (tertiary/aromatic N) is 1. The molecule has 4 rings (SSSR count). The van der Waals surface area contributed by atoms with Gasteiger partial charge in [-0.1, -0.05) is 19.4 Å². The number of carboxylic acid groups (broad SMARTS) is 1. The Hall–Kier alpha value is -1.58. The minimum atomic E-state index is -0.761. The summed E-state index contributed by atoms with van der Waals surface area (Å²) in [5.74, 6) is 1.57. The first-order chi connectivity index (χ1) is 14.9. The van der Waals surface area contributed by atoms with Crippen molar-refractivity contribution in [2.24, 2.45) is 34.5 Å². The molecule has 0 bridgehead atoms. The third-order valence-corrected chi connectivity index (χ3v) is 10.0. The van der Waals surface area contributed by atoms with Gasteiger partial charge in [0.1, 0.15) is 0 Å². The summed E-state index contributed by atoms with van der Waals surface area (Å²) in [7, 11) is 0. The van der Waals surface area contributed by atoms with Crippen LogP contribution in [0.4, 0.5) is 0 Å². The lowest BCUT2D eigenvalue weighted by molar-refractivity contribution is -0.146. The summed E-state index contributed by atoms with van der Waals surface area (Å²) in [5.41, 5.74) is 3.44. The van der Waals surface area contributed by atoms with E-state index in [1.807, 2.05) is 6.08 Å². The highest BCUT2D eigenvalue weighted by molar-refractivity contribution is 5.87. The highest BCUT2D eigenvalue weighted by atomic mass is 16.4. The fraction of sp³-hybridized carbons (Fsp3) is 0.786. The zero-order valence-corrected chi connectivity index (χ0v) is 21.2. The van der Waals surface area contributed by atoms with Crippen molar-refractivity contribution in [2.75, 3.05) is 0 Å². The zero-order valence-electron chi connectivity index (χ0n) is 21.2. The average Bonchev–Trinajstić information content (AvgIpc) is 3.04. The first-order valence-corrected chi connectivity index (χ1v) is 12.9. The molecule has 4 aliphatic rings. The lowest BCUT2D eigenvalue weighted by Crippen LogP contribution is -2.53. The number of allylic oxidation sites excluding steroid dienone is 3. The Kier molecular flexibility index (Phi) is 5.91. The molecule has 178 valence electrons. The fourth-order valence-electron chi connectivity index (χ4n) is 8.62. The zero-order chi connectivity index (χ0) is 23.6. The smallest absolute Gasteiger partial charge is 0.331 e. The number of carboxylic acids is 1. The first-order valence-electron chi connectivity index (χ1n) is 12.9. The van der Waals surface area contributed by atoms with Crippen molar-refractivity contribution in [1.82, 2.24) is 4.90 Å². The molecule has 1 amide bonds. The Morgan fingerprint density at radius 1 is 1.03 bits per heavy atom. The molecule has 0 aromatic carbocycles. The predicted molar refractivity (Wildman–Crippen MR) is 128 cm³/mol. The molecule has 0 heterocycles. The molecule has 6 atom stereocenters. The van der Waals surface area contributed by atoms with E-state index in [4.69, 9.17) is 0 Å². The maximum atomic E-state index is 13.8. The lowest BCUT2D eigenvalue weighted by atomic mass is 9.47. The quantitative estimate of drug-likeness (QED) is 0.563. The van der Waals surface area contributed by atoms with Crippen molar-refractivity contribution in [2.45, 2.75) is 105 Å². The fourth-order valence-corrected chi connectivity index (χ4v) is 8.62. The maximum absolute atomic E-state index is 13.8. The third kappa shape index (κ3) is 3.39. The van der Waals surface area contributed by atoms with Crippen molar-refractivity contribution in [3.63, 3.8) is 0 Å². The number of carbonyl (C=O) groups excluding carboxylic acids is 1. The van der Waals surface area contributed by atoms with Gasteiger partial charge in [0.2, 0.25) is 5.91 Å². The number of hydrogen-bond acceptors (Lipinski definition) is 2. The molecule has 0 aromatic rings. The van der Waals surface area contributed by atoms with Gasteiger partial charge in [0.25, 0.3) is 0 Å². The second-order valence-corrected chi connectivity index (χ2v) is 12.3. The van der Waals surface area contributed by atoms with E-state index >= 15 is 0 Å². The summed E-state index contributed by atoms with van der Waals surface area (Å²) in [6.45, 7) is 15.6. The van der Waals surface area contributed by atoms with E-state index in [1.54, 1.807) is 0 Å². The molecule has 0 aromatic heterocycles. The van der Waals surface area contributed by atoms with E-state index in [-0.39, 0.29) is 28.8 Å². The van der Waals surface area contributed by atoms with E-state index in [9.17, 15) is 14.7 Å². The van der Waals surface area contributed by atoms with E-state index < -0.39 is 5.97 Å². The lowest BCUT2D eigenvalue weighted by Gasteiger charge is -2.58.